The van der Waals surface area contributed by atoms with Crippen LogP contribution in [-0.4, -0.2) is 24.4 Å². The number of aryl methyl sites for hydroxylation is 1. The Morgan fingerprint density at radius 1 is 1.50 bits per heavy atom. The van der Waals surface area contributed by atoms with E-state index >= 15 is 0 Å². The smallest absolute Gasteiger partial charge is 0.383 e. The maximum Gasteiger partial charge on any atom is 0.411 e. The van der Waals surface area contributed by atoms with Crippen LogP contribution in [0.3, 0.4) is 0 Å². The van der Waals surface area contributed by atoms with Gasteiger partial charge in [0.25, 0.3) is 0 Å². The van der Waals surface area contributed by atoms with Crippen molar-refractivity contribution < 1.29 is 17.9 Å². The van der Waals surface area contributed by atoms with Crippen LogP contribution in [0.2, 0.25) is 0 Å². The molecule has 0 aliphatic heterocycles. The fourth-order valence-corrected chi connectivity index (χ4v) is 1.40. The molecule has 0 bridgehead atoms. The average molecular weight is 264 g/mol. The van der Waals surface area contributed by atoms with E-state index in [9.17, 15) is 13.2 Å². The standard InChI is InChI=1S/C10H15F3N4O/c1-6-2-7(9(14)16-3-6)8(17-15)4-18-5-10(11,12)13/h2-3,8,17H,4-5,15H2,1H3,(H2,14,16). The first kappa shape index (κ1) is 14.7. The Hall–Kier alpha value is -1.38. The lowest BCUT2D eigenvalue weighted by atomic mass is 10.1. The highest BCUT2D eigenvalue weighted by Gasteiger charge is 2.28. The molecule has 1 aromatic heterocycles. The molecule has 1 heterocycles. The average Bonchev–Trinajstić information content (AvgIpc) is 2.27. The van der Waals surface area contributed by atoms with Crippen molar-refractivity contribution in [2.45, 2.75) is 19.1 Å². The first-order valence-electron chi connectivity index (χ1n) is 5.16. The van der Waals surface area contributed by atoms with Crippen LogP contribution in [-0.2, 0) is 4.74 Å². The van der Waals surface area contributed by atoms with Gasteiger partial charge in [-0.05, 0) is 18.6 Å². The number of nitrogen functional groups attached to an aromatic ring is 1. The summed E-state index contributed by atoms with van der Waals surface area (Å²) < 4.78 is 40.4. The molecule has 1 unspecified atom stereocenters. The van der Waals surface area contributed by atoms with E-state index in [1.54, 1.807) is 19.2 Å². The Kier molecular flexibility index (Phi) is 4.88. The summed E-state index contributed by atoms with van der Waals surface area (Å²) in [5, 5.41) is 0. The number of ether oxygens (including phenoxy) is 1. The number of anilines is 1. The first-order chi connectivity index (χ1) is 8.33. The zero-order chi connectivity index (χ0) is 13.8. The van der Waals surface area contributed by atoms with Gasteiger partial charge in [0.15, 0.2) is 0 Å². The Bertz CT molecular complexity index is 397. The molecule has 5 nitrogen and oxygen atoms in total. The molecular weight excluding hydrogens is 249 g/mol. The lowest BCUT2D eigenvalue weighted by molar-refractivity contribution is -0.175. The number of nitrogens with two attached hydrogens (primary N) is 2. The molecule has 0 radical (unpaired) electrons. The summed E-state index contributed by atoms with van der Waals surface area (Å²) in [6, 6.07) is 1.06. The Morgan fingerprint density at radius 2 is 2.17 bits per heavy atom. The minimum absolute atomic E-state index is 0.208. The van der Waals surface area contributed by atoms with Gasteiger partial charge >= 0.3 is 6.18 Å². The van der Waals surface area contributed by atoms with Crippen LogP contribution in [0.1, 0.15) is 17.2 Å². The van der Waals surface area contributed by atoms with E-state index in [0.29, 0.717) is 5.56 Å². The lowest BCUT2D eigenvalue weighted by Gasteiger charge is -2.18. The van der Waals surface area contributed by atoms with Crippen molar-refractivity contribution in [2.75, 3.05) is 18.9 Å². The third-order valence-corrected chi connectivity index (χ3v) is 2.21. The molecule has 0 amide bonds. The van der Waals surface area contributed by atoms with Gasteiger partial charge in [0.05, 0.1) is 12.6 Å². The van der Waals surface area contributed by atoms with Gasteiger partial charge in [-0.25, -0.2) is 4.98 Å². The predicted octanol–water partition coefficient (Wildman–Crippen LogP) is 1.06. The van der Waals surface area contributed by atoms with E-state index in [-0.39, 0.29) is 12.4 Å². The van der Waals surface area contributed by atoms with Crippen molar-refractivity contribution in [3.8, 4) is 0 Å². The molecular formula is C10H15F3N4O. The Labute approximate surface area is 102 Å². The monoisotopic (exact) mass is 264 g/mol. The minimum atomic E-state index is -4.37. The van der Waals surface area contributed by atoms with Gasteiger partial charge in [0.2, 0.25) is 0 Å². The number of hydrazine groups is 1. The highest BCUT2D eigenvalue weighted by molar-refractivity contribution is 5.42. The number of pyridine rings is 1. The summed E-state index contributed by atoms with van der Waals surface area (Å²) in [7, 11) is 0. The number of rotatable bonds is 5. The van der Waals surface area contributed by atoms with Crippen molar-refractivity contribution in [2.24, 2.45) is 5.84 Å². The molecule has 0 fully saturated rings. The Morgan fingerprint density at radius 3 is 2.72 bits per heavy atom. The van der Waals surface area contributed by atoms with E-state index < -0.39 is 18.8 Å². The van der Waals surface area contributed by atoms with Crippen LogP contribution in [0.4, 0.5) is 19.0 Å². The number of aromatic nitrogens is 1. The van der Waals surface area contributed by atoms with Crippen LogP contribution in [0, 0.1) is 6.92 Å². The second kappa shape index (κ2) is 5.98. The van der Waals surface area contributed by atoms with Gasteiger partial charge in [-0.3, -0.25) is 11.3 Å². The molecule has 0 aliphatic carbocycles. The lowest BCUT2D eigenvalue weighted by Crippen LogP contribution is -2.33. The molecule has 102 valence electrons. The maximum atomic E-state index is 11.9. The Balaban J connectivity index is 2.68. The molecule has 1 rings (SSSR count). The normalized spacial score (nSPS) is 13.6. The van der Waals surface area contributed by atoms with Crippen LogP contribution in [0.5, 0.6) is 0 Å². The molecule has 1 atom stereocenters. The zero-order valence-corrected chi connectivity index (χ0v) is 9.79. The minimum Gasteiger partial charge on any atom is -0.383 e. The first-order valence-corrected chi connectivity index (χ1v) is 5.16. The van der Waals surface area contributed by atoms with Crippen LogP contribution in [0.25, 0.3) is 0 Å². The van der Waals surface area contributed by atoms with Crippen molar-refractivity contribution in [3.05, 3.63) is 23.4 Å². The fourth-order valence-electron chi connectivity index (χ4n) is 1.40. The topological polar surface area (TPSA) is 86.2 Å². The highest BCUT2D eigenvalue weighted by Crippen LogP contribution is 2.21. The van der Waals surface area contributed by atoms with Gasteiger partial charge in [-0.1, -0.05) is 0 Å². The number of hydrogen-bond donors (Lipinski definition) is 3. The number of hydrogen-bond acceptors (Lipinski definition) is 5. The third-order valence-electron chi connectivity index (χ3n) is 2.21. The van der Waals surface area contributed by atoms with E-state index in [1.165, 1.54) is 0 Å². The molecule has 1 aromatic rings. The molecule has 0 spiro atoms. The van der Waals surface area contributed by atoms with Gasteiger partial charge in [0, 0.05) is 11.8 Å². The van der Waals surface area contributed by atoms with Crippen molar-refractivity contribution in [1.29, 1.82) is 0 Å². The van der Waals surface area contributed by atoms with Crippen LogP contribution >= 0.6 is 0 Å². The quantitative estimate of drug-likeness (QED) is 0.547. The van der Waals surface area contributed by atoms with Gasteiger partial charge in [-0.2, -0.15) is 13.2 Å². The highest BCUT2D eigenvalue weighted by atomic mass is 19.4. The second-order valence-corrected chi connectivity index (χ2v) is 3.84. The van der Waals surface area contributed by atoms with Gasteiger partial charge < -0.3 is 10.5 Å². The van der Waals surface area contributed by atoms with Crippen LogP contribution < -0.4 is 17.0 Å². The summed E-state index contributed by atoms with van der Waals surface area (Å²) in [5.41, 5.74) is 9.34. The molecule has 0 aromatic carbocycles. The van der Waals surface area contributed by atoms with E-state index in [2.05, 4.69) is 15.1 Å². The van der Waals surface area contributed by atoms with Gasteiger partial charge in [0.1, 0.15) is 12.4 Å². The maximum absolute atomic E-state index is 11.9. The largest absolute Gasteiger partial charge is 0.411 e. The number of nitrogens with zero attached hydrogens (tertiary/aromatic N) is 1. The van der Waals surface area contributed by atoms with Crippen molar-refractivity contribution in [3.63, 3.8) is 0 Å². The van der Waals surface area contributed by atoms with Crippen molar-refractivity contribution >= 4 is 5.82 Å². The number of alkyl halides is 3. The summed E-state index contributed by atoms with van der Waals surface area (Å²) in [4.78, 5) is 3.91. The summed E-state index contributed by atoms with van der Waals surface area (Å²) >= 11 is 0. The van der Waals surface area contributed by atoms with Crippen molar-refractivity contribution in [1.82, 2.24) is 10.4 Å². The van der Waals surface area contributed by atoms with E-state index in [4.69, 9.17) is 11.6 Å². The molecule has 8 heteroatoms. The predicted molar refractivity (Wildman–Crippen MR) is 60.3 cm³/mol. The van der Waals surface area contributed by atoms with Gasteiger partial charge in [-0.15, -0.1) is 0 Å². The number of halogens is 3. The molecule has 0 saturated carbocycles. The fraction of sp³-hybridized carbons (Fsp3) is 0.500. The molecule has 0 saturated heterocycles. The molecule has 0 aliphatic rings. The molecule has 18 heavy (non-hydrogen) atoms. The van der Waals surface area contributed by atoms with E-state index in [0.717, 1.165) is 5.56 Å². The van der Waals surface area contributed by atoms with E-state index in [1.807, 2.05) is 0 Å². The SMILES string of the molecule is Cc1cnc(N)c(C(COCC(F)(F)F)NN)c1. The summed E-state index contributed by atoms with van der Waals surface area (Å²) in [6.07, 6.45) is -2.81. The number of nitrogens with one attached hydrogen (secondary N) is 1. The van der Waals surface area contributed by atoms with Crippen LogP contribution in [0.15, 0.2) is 12.3 Å². The zero-order valence-electron chi connectivity index (χ0n) is 9.79. The third kappa shape index (κ3) is 4.47. The molecule has 5 N–H and O–H groups in total. The second-order valence-electron chi connectivity index (χ2n) is 3.84. The summed E-state index contributed by atoms with van der Waals surface area (Å²) in [5.74, 6) is 5.49. The summed E-state index contributed by atoms with van der Waals surface area (Å²) in [6.45, 7) is 0.218.